The Balaban J connectivity index is 2.02. The van der Waals surface area contributed by atoms with E-state index in [-0.39, 0.29) is 24.1 Å². The van der Waals surface area contributed by atoms with Gasteiger partial charge in [0.05, 0.1) is 13.5 Å². The Bertz CT molecular complexity index is 663. The van der Waals surface area contributed by atoms with Gasteiger partial charge in [0.25, 0.3) is 0 Å². The highest BCUT2D eigenvalue weighted by Crippen LogP contribution is 2.53. The van der Waals surface area contributed by atoms with Gasteiger partial charge in [-0.2, -0.15) is 0 Å². The summed E-state index contributed by atoms with van der Waals surface area (Å²) in [7, 11) is 1.36. The Hall–Kier alpha value is -1.88. The van der Waals surface area contributed by atoms with E-state index < -0.39 is 11.2 Å². The third kappa shape index (κ3) is 2.53. The first-order valence-electron chi connectivity index (χ1n) is 7.89. The van der Waals surface area contributed by atoms with Gasteiger partial charge < -0.3 is 14.6 Å². The molecule has 1 N–H and O–H groups in total. The number of hydrogen-bond donors (Lipinski definition) is 1. The maximum Gasteiger partial charge on any atom is 0.309 e. The molecule has 0 amide bonds. The van der Waals surface area contributed by atoms with Crippen molar-refractivity contribution in [3.8, 4) is 5.75 Å². The van der Waals surface area contributed by atoms with Crippen molar-refractivity contribution in [1.29, 1.82) is 0 Å². The zero-order valence-electron chi connectivity index (χ0n) is 13.7. The van der Waals surface area contributed by atoms with Crippen molar-refractivity contribution in [3.05, 3.63) is 29.3 Å². The molecular weight excluding hydrogens is 296 g/mol. The van der Waals surface area contributed by atoms with E-state index in [0.717, 1.165) is 11.1 Å². The number of carbonyl (C=O) groups is 2. The second-order valence-electron chi connectivity index (χ2n) is 6.96. The first-order valence-corrected chi connectivity index (χ1v) is 7.89. The minimum atomic E-state index is -1.06. The van der Waals surface area contributed by atoms with Gasteiger partial charge in [0.2, 0.25) is 0 Å². The molecule has 5 heteroatoms. The SMILES string of the molecule is COC(=O)Cc1ccc2c(c1)OC(C)(C)[C@@]1(O)CCC(=O)C[C@H]21. The summed E-state index contributed by atoms with van der Waals surface area (Å²) >= 11 is 0. The van der Waals surface area contributed by atoms with Crippen LogP contribution in [0.4, 0.5) is 0 Å². The van der Waals surface area contributed by atoms with Crippen molar-refractivity contribution < 1.29 is 24.2 Å². The van der Waals surface area contributed by atoms with Crippen LogP contribution in [-0.2, 0) is 20.7 Å². The smallest absolute Gasteiger partial charge is 0.309 e. The van der Waals surface area contributed by atoms with Crippen molar-refractivity contribution in [2.45, 2.75) is 56.7 Å². The Morgan fingerprint density at radius 3 is 2.87 bits per heavy atom. The molecule has 2 aliphatic rings. The Labute approximate surface area is 135 Å². The van der Waals surface area contributed by atoms with Gasteiger partial charge in [-0.25, -0.2) is 0 Å². The minimum absolute atomic E-state index is 0.168. The zero-order chi connectivity index (χ0) is 16.8. The van der Waals surface area contributed by atoms with Crippen LogP contribution >= 0.6 is 0 Å². The van der Waals surface area contributed by atoms with Crippen LogP contribution in [0.2, 0.25) is 0 Å². The summed E-state index contributed by atoms with van der Waals surface area (Å²) in [6.07, 6.45) is 1.29. The van der Waals surface area contributed by atoms with Crippen molar-refractivity contribution in [3.63, 3.8) is 0 Å². The van der Waals surface area contributed by atoms with E-state index in [2.05, 4.69) is 0 Å². The van der Waals surface area contributed by atoms with E-state index in [0.29, 0.717) is 25.0 Å². The van der Waals surface area contributed by atoms with Gasteiger partial charge in [-0.15, -0.1) is 0 Å². The molecule has 23 heavy (non-hydrogen) atoms. The minimum Gasteiger partial charge on any atom is -0.485 e. The van der Waals surface area contributed by atoms with Crippen LogP contribution in [0.1, 0.15) is 50.2 Å². The monoisotopic (exact) mass is 318 g/mol. The van der Waals surface area contributed by atoms with Crippen LogP contribution in [0, 0.1) is 0 Å². The molecule has 1 heterocycles. The number of ketones is 1. The number of fused-ring (bicyclic) bond motifs is 3. The van der Waals surface area contributed by atoms with Gasteiger partial charge in [0, 0.05) is 24.3 Å². The first-order chi connectivity index (χ1) is 10.8. The van der Waals surface area contributed by atoms with Crippen molar-refractivity contribution in [2.75, 3.05) is 7.11 Å². The standard InChI is InChI=1S/C18H22O5/c1-17(2)18(21)7-6-12(19)10-14(18)13-5-4-11(8-15(13)23-17)9-16(20)22-3/h4-5,8,14,21H,6-7,9-10H2,1-3H3/t14-,18-/m1/s1. The molecule has 1 aliphatic carbocycles. The Kier molecular flexibility index (Phi) is 3.71. The highest BCUT2D eigenvalue weighted by Gasteiger charge is 2.57. The van der Waals surface area contributed by atoms with Crippen molar-refractivity contribution >= 4 is 11.8 Å². The number of Topliss-reactive ketones (excluding diaryl/α,β-unsaturated/α-hetero) is 1. The maximum absolute atomic E-state index is 11.9. The summed E-state index contributed by atoms with van der Waals surface area (Å²) < 4.78 is 10.8. The fourth-order valence-electron chi connectivity index (χ4n) is 3.76. The van der Waals surface area contributed by atoms with E-state index in [1.807, 2.05) is 32.0 Å². The summed E-state index contributed by atoms with van der Waals surface area (Å²) in [4.78, 5) is 23.4. The van der Waals surface area contributed by atoms with Gasteiger partial charge in [0.15, 0.2) is 0 Å². The second kappa shape index (κ2) is 5.34. The van der Waals surface area contributed by atoms with Gasteiger partial charge in [-0.1, -0.05) is 12.1 Å². The molecular formula is C18H22O5. The predicted octanol–water partition coefficient (Wildman–Crippen LogP) is 2.14. The molecule has 1 aliphatic heterocycles. The number of aliphatic hydroxyl groups is 1. The molecule has 1 aromatic rings. The van der Waals surface area contributed by atoms with Crippen LogP contribution in [0.25, 0.3) is 0 Å². The molecule has 5 nitrogen and oxygen atoms in total. The highest BCUT2D eigenvalue weighted by molar-refractivity contribution is 5.81. The first kappa shape index (κ1) is 16.0. The summed E-state index contributed by atoms with van der Waals surface area (Å²) in [5.74, 6) is 0.224. The van der Waals surface area contributed by atoms with E-state index in [1.165, 1.54) is 7.11 Å². The lowest BCUT2D eigenvalue weighted by Crippen LogP contribution is -2.62. The van der Waals surface area contributed by atoms with Gasteiger partial charge in [0.1, 0.15) is 22.7 Å². The molecule has 1 aromatic carbocycles. The van der Waals surface area contributed by atoms with Crippen LogP contribution in [0.5, 0.6) is 5.75 Å². The largest absolute Gasteiger partial charge is 0.485 e. The Morgan fingerprint density at radius 2 is 2.17 bits per heavy atom. The van der Waals surface area contributed by atoms with Crippen LogP contribution in [0.3, 0.4) is 0 Å². The molecule has 2 atom stereocenters. The molecule has 3 rings (SSSR count). The Morgan fingerprint density at radius 1 is 1.43 bits per heavy atom. The van der Waals surface area contributed by atoms with E-state index in [1.54, 1.807) is 0 Å². The second-order valence-corrected chi connectivity index (χ2v) is 6.96. The lowest BCUT2D eigenvalue weighted by molar-refractivity contribution is -0.166. The van der Waals surface area contributed by atoms with Gasteiger partial charge >= 0.3 is 5.97 Å². The molecule has 0 bridgehead atoms. The molecule has 0 radical (unpaired) electrons. The average molecular weight is 318 g/mol. The fourth-order valence-corrected chi connectivity index (χ4v) is 3.76. The number of rotatable bonds is 2. The average Bonchev–Trinajstić information content (AvgIpc) is 2.49. The molecule has 124 valence electrons. The summed E-state index contributed by atoms with van der Waals surface area (Å²) in [5.41, 5.74) is -0.222. The molecule has 0 aromatic heterocycles. The molecule has 0 spiro atoms. The predicted molar refractivity (Wildman–Crippen MR) is 83.4 cm³/mol. The lowest BCUT2D eigenvalue weighted by Gasteiger charge is -2.53. The number of methoxy groups -OCH3 is 1. The summed E-state index contributed by atoms with van der Waals surface area (Å²) in [6.45, 7) is 3.71. The number of esters is 1. The van der Waals surface area contributed by atoms with Gasteiger partial charge in [-0.3, -0.25) is 9.59 Å². The van der Waals surface area contributed by atoms with Crippen LogP contribution in [-0.4, -0.2) is 35.2 Å². The van der Waals surface area contributed by atoms with E-state index in [9.17, 15) is 14.7 Å². The lowest BCUT2D eigenvalue weighted by atomic mass is 9.63. The number of ether oxygens (including phenoxy) is 2. The highest BCUT2D eigenvalue weighted by atomic mass is 16.5. The number of carbonyl (C=O) groups excluding carboxylic acids is 2. The number of benzene rings is 1. The third-order valence-corrected chi connectivity index (χ3v) is 5.23. The molecule has 1 saturated carbocycles. The fraction of sp³-hybridized carbons (Fsp3) is 0.556. The van der Waals surface area contributed by atoms with E-state index >= 15 is 0 Å². The summed E-state index contributed by atoms with van der Waals surface area (Å²) in [6, 6.07) is 5.50. The topological polar surface area (TPSA) is 72.8 Å². The van der Waals surface area contributed by atoms with Crippen LogP contribution in [0.15, 0.2) is 18.2 Å². The normalized spacial score (nSPS) is 28.3. The van der Waals surface area contributed by atoms with E-state index in [4.69, 9.17) is 9.47 Å². The molecule has 1 fully saturated rings. The summed E-state index contributed by atoms with van der Waals surface area (Å²) in [5, 5.41) is 11.2. The van der Waals surface area contributed by atoms with Crippen molar-refractivity contribution in [1.82, 2.24) is 0 Å². The zero-order valence-corrected chi connectivity index (χ0v) is 13.7. The van der Waals surface area contributed by atoms with Crippen LogP contribution < -0.4 is 4.74 Å². The third-order valence-electron chi connectivity index (χ3n) is 5.23. The van der Waals surface area contributed by atoms with Gasteiger partial charge in [-0.05, 0) is 31.9 Å². The quantitative estimate of drug-likeness (QED) is 0.846. The van der Waals surface area contributed by atoms with Crippen molar-refractivity contribution in [2.24, 2.45) is 0 Å². The number of hydrogen-bond acceptors (Lipinski definition) is 5. The maximum atomic E-state index is 11.9. The molecule has 0 unspecified atom stereocenters. The molecule has 0 saturated heterocycles.